The molecule has 2 aliphatic heterocycles. The minimum atomic E-state index is -0.0201. The van der Waals surface area contributed by atoms with Crippen LogP contribution < -0.4 is 0 Å². The average Bonchev–Trinajstić information content (AvgIpc) is 3.32. The Balaban J connectivity index is 1.36. The molecule has 2 amide bonds. The summed E-state index contributed by atoms with van der Waals surface area (Å²) in [5.74, 6) is 0.991. The van der Waals surface area contributed by atoms with E-state index < -0.39 is 0 Å². The van der Waals surface area contributed by atoms with E-state index in [1.807, 2.05) is 47.2 Å². The van der Waals surface area contributed by atoms with Gasteiger partial charge in [0.1, 0.15) is 10.7 Å². The molecule has 2 aromatic heterocycles. The summed E-state index contributed by atoms with van der Waals surface area (Å²) < 4.78 is 5.74. The van der Waals surface area contributed by atoms with Crippen LogP contribution in [0.1, 0.15) is 58.5 Å². The summed E-state index contributed by atoms with van der Waals surface area (Å²) in [4.78, 5) is 38.9. The van der Waals surface area contributed by atoms with E-state index in [9.17, 15) is 9.59 Å². The Bertz CT molecular complexity index is 993. The van der Waals surface area contributed by atoms with Crippen molar-refractivity contribution in [1.29, 1.82) is 0 Å². The topological polar surface area (TPSA) is 75.6 Å². The number of ether oxygens (including phenoxy) is 1. The van der Waals surface area contributed by atoms with E-state index in [2.05, 4.69) is 11.6 Å². The number of pyridine rings is 1. The molecular weight excluding hydrogens is 456 g/mol. The Morgan fingerprint density at radius 2 is 1.94 bits per heavy atom. The van der Waals surface area contributed by atoms with E-state index in [4.69, 9.17) is 9.72 Å². The molecule has 0 N–H and O–H groups in total. The molecule has 9 heteroatoms. The molecule has 0 aromatic carbocycles. The molecule has 2 atom stereocenters. The Labute approximate surface area is 203 Å². The highest BCUT2D eigenvalue weighted by Crippen LogP contribution is 2.32. The van der Waals surface area contributed by atoms with Crippen LogP contribution in [0.4, 0.5) is 0 Å². The molecule has 2 saturated heterocycles. The molecule has 4 rings (SSSR count). The number of piperidine rings is 1. The lowest BCUT2D eigenvalue weighted by molar-refractivity contribution is -0.0587. The van der Waals surface area contributed by atoms with Crippen molar-refractivity contribution in [3.8, 4) is 0 Å². The molecule has 7 nitrogen and oxygen atoms in total. The van der Waals surface area contributed by atoms with Crippen molar-refractivity contribution in [2.24, 2.45) is 0 Å². The summed E-state index contributed by atoms with van der Waals surface area (Å²) in [5.41, 5.74) is 1.17. The van der Waals surface area contributed by atoms with Gasteiger partial charge in [-0.2, -0.15) is 0 Å². The van der Waals surface area contributed by atoms with Gasteiger partial charge < -0.3 is 14.5 Å². The van der Waals surface area contributed by atoms with Gasteiger partial charge >= 0.3 is 0 Å². The van der Waals surface area contributed by atoms with Crippen LogP contribution in [0.5, 0.6) is 0 Å². The third-order valence-electron chi connectivity index (χ3n) is 5.92. The highest BCUT2D eigenvalue weighted by Gasteiger charge is 2.30. The zero-order valence-corrected chi connectivity index (χ0v) is 20.7. The number of thioether (sulfide) groups is 1. The minimum Gasteiger partial charge on any atom is -0.372 e. The SMILES string of the molecule is C=CCSc1ncccc1C(=O)N1CCC(c2nc(C(=O)N3CC(C)OC(C)C3)cs2)CC1. The molecule has 2 aliphatic rings. The maximum atomic E-state index is 13.1. The highest BCUT2D eigenvalue weighted by molar-refractivity contribution is 7.99. The molecule has 4 heterocycles. The number of hydrogen-bond donors (Lipinski definition) is 0. The van der Waals surface area contributed by atoms with Crippen LogP contribution in [-0.4, -0.2) is 75.7 Å². The van der Waals surface area contributed by atoms with Crippen molar-refractivity contribution < 1.29 is 14.3 Å². The maximum absolute atomic E-state index is 13.1. The number of hydrogen-bond acceptors (Lipinski definition) is 7. The second kappa shape index (κ2) is 10.8. The minimum absolute atomic E-state index is 0.0201. The molecule has 176 valence electrons. The van der Waals surface area contributed by atoms with Gasteiger partial charge in [-0.15, -0.1) is 29.7 Å². The molecule has 0 aliphatic carbocycles. The van der Waals surface area contributed by atoms with Crippen LogP contribution in [0.15, 0.2) is 41.4 Å². The third-order valence-corrected chi connectivity index (χ3v) is 7.93. The number of rotatable bonds is 6. The number of carbonyl (C=O) groups is 2. The van der Waals surface area contributed by atoms with E-state index in [1.165, 1.54) is 11.8 Å². The van der Waals surface area contributed by atoms with Crippen molar-refractivity contribution in [3.63, 3.8) is 0 Å². The Morgan fingerprint density at radius 3 is 2.64 bits per heavy atom. The normalized spacial score (nSPS) is 21.8. The lowest BCUT2D eigenvalue weighted by Crippen LogP contribution is -2.48. The molecule has 2 fully saturated rings. The smallest absolute Gasteiger partial charge is 0.273 e. The first-order valence-corrected chi connectivity index (χ1v) is 13.2. The number of morpholine rings is 1. The lowest BCUT2D eigenvalue weighted by Gasteiger charge is -2.35. The average molecular weight is 487 g/mol. The number of aromatic nitrogens is 2. The van der Waals surface area contributed by atoms with Crippen molar-refractivity contribution >= 4 is 34.9 Å². The van der Waals surface area contributed by atoms with Gasteiger partial charge in [-0.3, -0.25) is 9.59 Å². The van der Waals surface area contributed by atoms with E-state index in [1.54, 1.807) is 17.5 Å². The van der Waals surface area contributed by atoms with Gasteiger partial charge in [0.15, 0.2) is 0 Å². The lowest BCUT2D eigenvalue weighted by atomic mass is 9.97. The summed E-state index contributed by atoms with van der Waals surface area (Å²) >= 11 is 3.08. The third kappa shape index (κ3) is 5.65. The van der Waals surface area contributed by atoms with Crippen molar-refractivity contribution in [2.75, 3.05) is 31.9 Å². The van der Waals surface area contributed by atoms with Crippen LogP contribution >= 0.6 is 23.1 Å². The van der Waals surface area contributed by atoms with Gasteiger partial charge in [-0.1, -0.05) is 6.08 Å². The first-order valence-electron chi connectivity index (χ1n) is 11.3. The van der Waals surface area contributed by atoms with Gasteiger partial charge in [-0.05, 0) is 38.8 Å². The van der Waals surface area contributed by atoms with Gasteiger partial charge in [-0.25, -0.2) is 9.97 Å². The van der Waals surface area contributed by atoms with Gasteiger partial charge in [0.2, 0.25) is 0 Å². The van der Waals surface area contributed by atoms with Crippen molar-refractivity contribution in [2.45, 2.75) is 49.8 Å². The predicted octanol–water partition coefficient (Wildman–Crippen LogP) is 4.09. The quantitative estimate of drug-likeness (QED) is 0.452. The first kappa shape index (κ1) is 23.9. The van der Waals surface area contributed by atoms with Crippen LogP contribution in [0, 0.1) is 0 Å². The van der Waals surface area contributed by atoms with E-state index in [0.717, 1.165) is 22.9 Å². The fraction of sp³-hybridized carbons (Fsp3) is 0.500. The highest BCUT2D eigenvalue weighted by atomic mass is 32.2. The Hall–Kier alpha value is -2.23. The molecule has 2 aromatic rings. The van der Waals surface area contributed by atoms with Gasteiger partial charge in [0.25, 0.3) is 11.8 Å². The van der Waals surface area contributed by atoms with E-state index in [-0.39, 0.29) is 29.9 Å². The van der Waals surface area contributed by atoms with Crippen molar-refractivity contribution in [3.05, 3.63) is 52.6 Å². The summed E-state index contributed by atoms with van der Waals surface area (Å²) in [6.45, 7) is 10.3. The largest absolute Gasteiger partial charge is 0.372 e. The number of amides is 2. The second-order valence-corrected chi connectivity index (χ2v) is 10.5. The van der Waals surface area contributed by atoms with E-state index >= 15 is 0 Å². The Morgan fingerprint density at radius 1 is 1.21 bits per heavy atom. The maximum Gasteiger partial charge on any atom is 0.273 e. The molecule has 0 spiro atoms. The Kier molecular flexibility index (Phi) is 7.82. The fourth-order valence-electron chi connectivity index (χ4n) is 4.39. The van der Waals surface area contributed by atoms with Gasteiger partial charge in [0.05, 0.1) is 22.8 Å². The fourth-order valence-corrected chi connectivity index (χ4v) is 6.07. The molecule has 2 unspecified atom stereocenters. The summed E-state index contributed by atoms with van der Waals surface area (Å²) in [6, 6.07) is 3.65. The van der Waals surface area contributed by atoms with Crippen LogP contribution in [0.2, 0.25) is 0 Å². The van der Waals surface area contributed by atoms with Crippen LogP contribution in [-0.2, 0) is 4.74 Å². The number of likely N-dealkylation sites (tertiary alicyclic amines) is 1. The molecule has 0 radical (unpaired) electrons. The zero-order valence-electron chi connectivity index (χ0n) is 19.1. The molecule has 0 bridgehead atoms. The van der Waals surface area contributed by atoms with Gasteiger partial charge in [0, 0.05) is 49.4 Å². The molecule has 0 saturated carbocycles. The number of nitrogens with zero attached hydrogens (tertiary/aromatic N) is 4. The van der Waals surface area contributed by atoms with Crippen LogP contribution in [0.25, 0.3) is 0 Å². The standard InChI is InChI=1S/C24H30N4O3S2/c1-4-12-32-22-19(6-5-9-25-22)23(29)27-10-7-18(8-11-27)21-26-20(15-33-21)24(30)28-13-16(2)31-17(3)14-28/h4-6,9,15-18H,1,7-8,10-14H2,2-3H3. The summed E-state index contributed by atoms with van der Waals surface area (Å²) in [5, 5.41) is 3.61. The zero-order chi connectivity index (χ0) is 23.4. The summed E-state index contributed by atoms with van der Waals surface area (Å²) in [6.07, 6.45) is 5.28. The molecule has 33 heavy (non-hydrogen) atoms. The number of thiazole rings is 1. The second-order valence-electron chi connectivity index (χ2n) is 8.56. The first-order chi connectivity index (χ1) is 16.0. The summed E-state index contributed by atoms with van der Waals surface area (Å²) in [7, 11) is 0. The van der Waals surface area contributed by atoms with Crippen molar-refractivity contribution in [1.82, 2.24) is 19.8 Å². The monoisotopic (exact) mass is 486 g/mol. The number of carbonyl (C=O) groups excluding carboxylic acids is 2. The molecular formula is C24H30N4O3S2. The van der Waals surface area contributed by atoms with Crippen LogP contribution in [0.3, 0.4) is 0 Å². The predicted molar refractivity (Wildman–Crippen MR) is 131 cm³/mol. The van der Waals surface area contributed by atoms with E-state index in [0.29, 0.717) is 43.2 Å².